The molecule has 0 bridgehead atoms. The summed E-state index contributed by atoms with van der Waals surface area (Å²) in [5, 5.41) is 13.0. The number of nitrogens with one attached hydrogen (secondary N) is 1. The van der Waals surface area contributed by atoms with E-state index in [1.807, 2.05) is 13.8 Å². The largest absolute Gasteiger partial charge is 0.390 e. The van der Waals surface area contributed by atoms with Gasteiger partial charge in [0.25, 0.3) is 5.91 Å². The standard InChI is InChI=1S/C22H27FN2O2/c1-22(2,27)13-15-6-9-19(10-7-15)25-21(26)17-8-11-20(24-14-17)16-4-3-5-18(23)12-16/h3-5,8,11-12,14-15,19,27H,6-7,9-10,13H2,1-2H3,(H,25,26). The van der Waals surface area contributed by atoms with E-state index in [0.29, 0.717) is 22.7 Å². The van der Waals surface area contributed by atoms with E-state index < -0.39 is 5.60 Å². The van der Waals surface area contributed by atoms with Crippen LogP contribution in [0.5, 0.6) is 0 Å². The topological polar surface area (TPSA) is 62.2 Å². The second-order valence-electron chi connectivity index (χ2n) is 8.15. The average molecular weight is 370 g/mol. The number of rotatable bonds is 5. The Kier molecular flexibility index (Phi) is 5.90. The molecular formula is C22H27FN2O2. The molecule has 2 N–H and O–H groups in total. The maximum Gasteiger partial charge on any atom is 0.253 e. The Balaban J connectivity index is 1.54. The predicted octanol–water partition coefficient (Wildman–Crippen LogP) is 4.34. The van der Waals surface area contributed by atoms with Crippen molar-refractivity contribution in [3.8, 4) is 11.3 Å². The molecule has 1 aromatic carbocycles. The number of amides is 1. The smallest absolute Gasteiger partial charge is 0.253 e. The third kappa shape index (κ3) is 5.60. The molecule has 3 rings (SSSR count). The van der Waals surface area contributed by atoms with Gasteiger partial charge in [-0.2, -0.15) is 0 Å². The van der Waals surface area contributed by atoms with Gasteiger partial charge < -0.3 is 10.4 Å². The fourth-order valence-corrected chi connectivity index (χ4v) is 3.83. The highest BCUT2D eigenvalue weighted by Crippen LogP contribution is 2.30. The van der Waals surface area contributed by atoms with Crippen molar-refractivity contribution in [2.24, 2.45) is 5.92 Å². The SMILES string of the molecule is CC(C)(O)CC1CCC(NC(=O)c2ccc(-c3cccc(F)c3)nc2)CC1. The highest BCUT2D eigenvalue weighted by molar-refractivity contribution is 5.94. The van der Waals surface area contributed by atoms with Crippen molar-refractivity contribution in [1.82, 2.24) is 10.3 Å². The zero-order valence-electron chi connectivity index (χ0n) is 15.9. The van der Waals surface area contributed by atoms with Gasteiger partial charge in [0.1, 0.15) is 5.82 Å². The van der Waals surface area contributed by atoms with E-state index >= 15 is 0 Å². The summed E-state index contributed by atoms with van der Waals surface area (Å²) in [6, 6.07) is 9.87. The first kappa shape index (κ1) is 19.5. The molecule has 1 aromatic heterocycles. The maximum absolute atomic E-state index is 13.3. The number of aromatic nitrogens is 1. The molecular weight excluding hydrogens is 343 g/mol. The van der Waals surface area contributed by atoms with Crippen molar-refractivity contribution >= 4 is 5.91 Å². The molecule has 0 saturated heterocycles. The molecule has 1 amide bonds. The van der Waals surface area contributed by atoms with E-state index in [2.05, 4.69) is 10.3 Å². The Labute approximate surface area is 159 Å². The van der Waals surface area contributed by atoms with Crippen LogP contribution >= 0.6 is 0 Å². The van der Waals surface area contributed by atoms with Crippen LogP contribution in [0, 0.1) is 11.7 Å². The lowest BCUT2D eigenvalue weighted by Crippen LogP contribution is -2.38. The van der Waals surface area contributed by atoms with Crippen LogP contribution in [0.4, 0.5) is 4.39 Å². The molecule has 144 valence electrons. The Morgan fingerprint density at radius 1 is 1.22 bits per heavy atom. The number of carbonyl (C=O) groups excluding carboxylic acids is 1. The molecule has 1 aliphatic rings. The Hall–Kier alpha value is -2.27. The molecule has 0 radical (unpaired) electrons. The lowest BCUT2D eigenvalue weighted by atomic mass is 9.80. The molecule has 2 aromatic rings. The number of carbonyl (C=O) groups is 1. The molecule has 0 unspecified atom stereocenters. The van der Waals surface area contributed by atoms with Gasteiger partial charge in [0.15, 0.2) is 0 Å². The lowest BCUT2D eigenvalue weighted by Gasteiger charge is -2.32. The van der Waals surface area contributed by atoms with Crippen LogP contribution in [0.2, 0.25) is 0 Å². The average Bonchev–Trinajstić information content (AvgIpc) is 2.62. The second kappa shape index (κ2) is 8.17. The molecule has 0 aliphatic heterocycles. The third-order valence-corrected chi connectivity index (χ3v) is 5.12. The van der Waals surface area contributed by atoms with E-state index in [-0.39, 0.29) is 17.8 Å². The molecule has 4 nitrogen and oxygen atoms in total. The number of benzene rings is 1. The summed E-state index contributed by atoms with van der Waals surface area (Å²) in [4.78, 5) is 16.8. The fraction of sp³-hybridized carbons (Fsp3) is 0.455. The van der Waals surface area contributed by atoms with Crippen LogP contribution in [0.15, 0.2) is 42.6 Å². The first-order valence-corrected chi connectivity index (χ1v) is 9.55. The normalized spacial score (nSPS) is 20.3. The summed E-state index contributed by atoms with van der Waals surface area (Å²) >= 11 is 0. The van der Waals surface area contributed by atoms with Gasteiger partial charge in [-0.15, -0.1) is 0 Å². The van der Waals surface area contributed by atoms with Gasteiger partial charge in [-0.25, -0.2) is 4.39 Å². The van der Waals surface area contributed by atoms with Gasteiger partial charge in [-0.3, -0.25) is 9.78 Å². The molecule has 0 atom stereocenters. The molecule has 0 spiro atoms. The Bertz CT molecular complexity index is 776. The quantitative estimate of drug-likeness (QED) is 0.823. The lowest BCUT2D eigenvalue weighted by molar-refractivity contribution is 0.0433. The molecule has 27 heavy (non-hydrogen) atoms. The number of hydrogen-bond acceptors (Lipinski definition) is 3. The molecule has 1 heterocycles. The minimum absolute atomic E-state index is 0.126. The number of aliphatic hydroxyl groups is 1. The van der Waals surface area contributed by atoms with Crippen molar-refractivity contribution in [1.29, 1.82) is 0 Å². The molecule has 1 fully saturated rings. The summed E-state index contributed by atoms with van der Waals surface area (Å²) in [5.41, 5.74) is 1.20. The number of pyridine rings is 1. The van der Waals surface area contributed by atoms with Crippen molar-refractivity contribution in [3.63, 3.8) is 0 Å². The van der Waals surface area contributed by atoms with Crippen LogP contribution in [0.25, 0.3) is 11.3 Å². The van der Waals surface area contributed by atoms with Gasteiger partial charge in [-0.1, -0.05) is 12.1 Å². The van der Waals surface area contributed by atoms with Crippen molar-refractivity contribution in [2.45, 2.75) is 57.6 Å². The van der Waals surface area contributed by atoms with Crippen LogP contribution < -0.4 is 5.32 Å². The van der Waals surface area contributed by atoms with Crippen LogP contribution in [0.3, 0.4) is 0 Å². The van der Waals surface area contributed by atoms with E-state index in [9.17, 15) is 14.3 Å². The van der Waals surface area contributed by atoms with Crippen molar-refractivity contribution in [2.75, 3.05) is 0 Å². The van der Waals surface area contributed by atoms with Gasteiger partial charge in [0.2, 0.25) is 0 Å². The molecule has 5 heteroatoms. The van der Waals surface area contributed by atoms with Crippen LogP contribution in [-0.4, -0.2) is 27.6 Å². The van der Waals surface area contributed by atoms with E-state index in [0.717, 1.165) is 32.1 Å². The Morgan fingerprint density at radius 2 is 1.96 bits per heavy atom. The van der Waals surface area contributed by atoms with Gasteiger partial charge >= 0.3 is 0 Å². The monoisotopic (exact) mass is 370 g/mol. The summed E-state index contributed by atoms with van der Waals surface area (Å²) < 4.78 is 13.3. The van der Waals surface area contributed by atoms with E-state index in [1.165, 1.54) is 18.3 Å². The van der Waals surface area contributed by atoms with Gasteiger partial charge in [0, 0.05) is 17.8 Å². The summed E-state index contributed by atoms with van der Waals surface area (Å²) in [7, 11) is 0. The number of nitrogens with zero attached hydrogens (tertiary/aromatic N) is 1. The van der Waals surface area contributed by atoms with Crippen LogP contribution in [-0.2, 0) is 0 Å². The first-order valence-electron chi connectivity index (χ1n) is 9.55. The minimum Gasteiger partial charge on any atom is -0.390 e. The Morgan fingerprint density at radius 3 is 2.56 bits per heavy atom. The van der Waals surface area contributed by atoms with E-state index in [4.69, 9.17) is 0 Å². The summed E-state index contributed by atoms with van der Waals surface area (Å²) in [6.45, 7) is 3.70. The minimum atomic E-state index is -0.629. The molecule has 1 aliphatic carbocycles. The molecule has 1 saturated carbocycles. The summed E-state index contributed by atoms with van der Waals surface area (Å²) in [6.07, 6.45) is 6.24. The van der Waals surface area contributed by atoms with Crippen molar-refractivity contribution < 1.29 is 14.3 Å². The van der Waals surface area contributed by atoms with Gasteiger partial charge in [-0.05, 0) is 76.1 Å². The zero-order valence-corrected chi connectivity index (χ0v) is 15.9. The highest BCUT2D eigenvalue weighted by Gasteiger charge is 2.27. The number of halogens is 1. The number of hydrogen-bond donors (Lipinski definition) is 2. The van der Waals surface area contributed by atoms with Crippen LogP contribution in [0.1, 0.15) is 56.3 Å². The first-order chi connectivity index (χ1) is 12.8. The van der Waals surface area contributed by atoms with E-state index in [1.54, 1.807) is 24.3 Å². The zero-order chi connectivity index (χ0) is 19.4. The summed E-state index contributed by atoms with van der Waals surface area (Å²) in [5.74, 6) is 0.0842. The van der Waals surface area contributed by atoms with Crippen molar-refractivity contribution in [3.05, 3.63) is 54.0 Å². The van der Waals surface area contributed by atoms with Gasteiger partial charge in [0.05, 0.1) is 16.9 Å². The second-order valence-corrected chi connectivity index (χ2v) is 8.15. The highest BCUT2D eigenvalue weighted by atomic mass is 19.1. The fourth-order valence-electron chi connectivity index (χ4n) is 3.83. The predicted molar refractivity (Wildman–Crippen MR) is 104 cm³/mol. The maximum atomic E-state index is 13.3. The third-order valence-electron chi connectivity index (χ3n) is 5.12.